The standard InChI is InChI=1S/C10H11BrN2O2/c11-6-1-2-7(13-5-6)10(3-4-10)8(12)9(14)15/h1-2,5,8H,3-4,12H2,(H,14,15). The number of nitrogens with zero attached hydrogens (tertiary/aromatic N) is 1. The van der Waals surface area contributed by atoms with Crippen molar-refractivity contribution in [3.05, 3.63) is 28.5 Å². The summed E-state index contributed by atoms with van der Waals surface area (Å²) in [6.45, 7) is 0. The number of halogens is 1. The molecular weight excluding hydrogens is 260 g/mol. The van der Waals surface area contributed by atoms with Crippen LogP contribution in [0.3, 0.4) is 0 Å². The molecule has 0 radical (unpaired) electrons. The molecule has 1 heterocycles. The van der Waals surface area contributed by atoms with Gasteiger partial charge in [-0.2, -0.15) is 0 Å². The van der Waals surface area contributed by atoms with Gasteiger partial charge >= 0.3 is 5.97 Å². The minimum absolute atomic E-state index is 0.438. The maximum absolute atomic E-state index is 10.9. The third kappa shape index (κ3) is 1.77. The van der Waals surface area contributed by atoms with Crippen LogP contribution in [-0.2, 0) is 10.2 Å². The minimum atomic E-state index is -0.961. The second-order valence-corrected chi connectivity index (χ2v) is 4.75. The van der Waals surface area contributed by atoms with Crippen molar-refractivity contribution < 1.29 is 9.90 Å². The van der Waals surface area contributed by atoms with E-state index in [1.54, 1.807) is 6.20 Å². The SMILES string of the molecule is NC(C(=O)O)C1(c2ccc(Br)cn2)CC1. The molecule has 1 aliphatic rings. The van der Waals surface area contributed by atoms with Crippen LogP contribution in [0.5, 0.6) is 0 Å². The number of carbonyl (C=O) groups is 1. The van der Waals surface area contributed by atoms with Gasteiger partial charge in [0.2, 0.25) is 0 Å². The van der Waals surface area contributed by atoms with Crippen molar-refractivity contribution in [2.75, 3.05) is 0 Å². The molecule has 1 aromatic rings. The molecule has 1 aromatic heterocycles. The van der Waals surface area contributed by atoms with Gasteiger partial charge in [0.25, 0.3) is 0 Å². The lowest BCUT2D eigenvalue weighted by atomic mass is 9.93. The number of carboxylic acids is 1. The van der Waals surface area contributed by atoms with Crippen LogP contribution in [0, 0.1) is 0 Å². The number of nitrogens with two attached hydrogens (primary N) is 1. The third-order valence-electron chi connectivity index (χ3n) is 2.89. The number of hydrogen-bond acceptors (Lipinski definition) is 3. The van der Waals surface area contributed by atoms with Gasteiger partial charge in [-0.15, -0.1) is 0 Å². The Morgan fingerprint density at radius 2 is 2.27 bits per heavy atom. The molecule has 15 heavy (non-hydrogen) atoms. The van der Waals surface area contributed by atoms with Gasteiger partial charge in [-0.1, -0.05) is 0 Å². The molecule has 3 N–H and O–H groups in total. The van der Waals surface area contributed by atoms with Crippen LogP contribution in [-0.4, -0.2) is 22.1 Å². The zero-order chi connectivity index (χ0) is 11.1. The summed E-state index contributed by atoms with van der Waals surface area (Å²) in [5, 5.41) is 8.91. The zero-order valence-electron chi connectivity index (χ0n) is 7.98. The lowest BCUT2D eigenvalue weighted by molar-refractivity contribution is -0.139. The first-order valence-corrected chi connectivity index (χ1v) is 5.46. The molecule has 0 aromatic carbocycles. The molecule has 0 spiro atoms. The van der Waals surface area contributed by atoms with Gasteiger partial charge in [0.05, 0.1) is 0 Å². The van der Waals surface area contributed by atoms with Crippen LogP contribution in [0.2, 0.25) is 0 Å². The third-order valence-corrected chi connectivity index (χ3v) is 3.36. The topological polar surface area (TPSA) is 76.2 Å². The number of carboxylic acid groups (broad SMARTS) is 1. The number of rotatable bonds is 3. The Labute approximate surface area is 95.6 Å². The molecule has 2 rings (SSSR count). The van der Waals surface area contributed by atoms with Gasteiger partial charge in [-0.3, -0.25) is 9.78 Å². The molecule has 1 atom stereocenters. The van der Waals surface area contributed by atoms with Crippen LogP contribution in [0.25, 0.3) is 0 Å². The van der Waals surface area contributed by atoms with E-state index in [9.17, 15) is 4.79 Å². The van der Waals surface area contributed by atoms with Crippen molar-refractivity contribution in [3.8, 4) is 0 Å². The molecule has 1 saturated carbocycles. The van der Waals surface area contributed by atoms with Crippen molar-refractivity contribution in [2.45, 2.75) is 24.3 Å². The summed E-state index contributed by atoms with van der Waals surface area (Å²) in [5.41, 5.74) is 6.02. The predicted octanol–water partition coefficient (Wildman–Crippen LogP) is 1.29. The summed E-state index contributed by atoms with van der Waals surface area (Å²) in [4.78, 5) is 15.1. The summed E-state index contributed by atoms with van der Waals surface area (Å²) >= 11 is 3.29. The highest BCUT2D eigenvalue weighted by Crippen LogP contribution is 2.49. The molecule has 1 fully saturated rings. The lowest BCUT2D eigenvalue weighted by Gasteiger charge is -2.18. The van der Waals surface area contributed by atoms with Gasteiger partial charge in [-0.05, 0) is 40.9 Å². The Kier molecular flexibility index (Phi) is 2.52. The molecule has 5 heteroatoms. The fraction of sp³-hybridized carbons (Fsp3) is 0.400. The first-order chi connectivity index (χ1) is 7.06. The molecule has 0 aliphatic heterocycles. The van der Waals surface area contributed by atoms with Gasteiger partial charge in [-0.25, -0.2) is 0 Å². The quantitative estimate of drug-likeness (QED) is 0.868. The summed E-state index contributed by atoms with van der Waals surface area (Å²) in [6.07, 6.45) is 3.27. The monoisotopic (exact) mass is 270 g/mol. The predicted molar refractivity (Wildman–Crippen MR) is 58.5 cm³/mol. The van der Waals surface area contributed by atoms with Crippen LogP contribution in [0.15, 0.2) is 22.8 Å². The molecule has 80 valence electrons. The molecule has 4 nitrogen and oxygen atoms in total. The summed E-state index contributed by atoms with van der Waals surface area (Å²) < 4.78 is 0.881. The lowest BCUT2D eigenvalue weighted by Crippen LogP contribution is -2.42. The van der Waals surface area contributed by atoms with E-state index in [1.807, 2.05) is 12.1 Å². The van der Waals surface area contributed by atoms with Crippen LogP contribution in [0.1, 0.15) is 18.5 Å². The van der Waals surface area contributed by atoms with Crippen molar-refractivity contribution in [3.63, 3.8) is 0 Å². The van der Waals surface area contributed by atoms with Gasteiger partial charge in [0, 0.05) is 21.8 Å². The first-order valence-electron chi connectivity index (χ1n) is 4.67. The van der Waals surface area contributed by atoms with E-state index in [0.29, 0.717) is 0 Å². The van der Waals surface area contributed by atoms with Crippen molar-refractivity contribution >= 4 is 21.9 Å². The van der Waals surface area contributed by atoms with Crippen molar-refractivity contribution in [1.29, 1.82) is 0 Å². The molecule has 1 unspecified atom stereocenters. The Hall–Kier alpha value is -0.940. The second kappa shape index (κ2) is 3.57. The Balaban J connectivity index is 2.30. The molecule has 1 aliphatic carbocycles. The van der Waals surface area contributed by atoms with Crippen molar-refractivity contribution in [2.24, 2.45) is 5.73 Å². The van der Waals surface area contributed by atoms with E-state index >= 15 is 0 Å². The Bertz CT molecular complexity index is 387. The van der Waals surface area contributed by atoms with E-state index in [-0.39, 0.29) is 0 Å². The highest BCUT2D eigenvalue weighted by atomic mass is 79.9. The zero-order valence-corrected chi connectivity index (χ0v) is 9.57. The maximum atomic E-state index is 10.9. The highest BCUT2D eigenvalue weighted by Gasteiger charge is 2.53. The highest BCUT2D eigenvalue weighted by molar-refractivity contribution is 9.10. The van der Waals surface area contributed by atoms with Gasteiger partial charge in [0.1, 0.15) is 6.04 Å². The van der Waals surface area contributed by atoms with E-state index in [1.165, 1.54) is 0 Å². The summed E-state index contributed by atoms with van der Waals surface area (Å²) in [7, 11) is 0. The Morgan fingerprint density at radius 1 is 1.60 bits per heavy atom. The largest absolute Gasteiger partial charge is 0.480 e. The first kappa shape index (κ1) is 10.6. The number of aliphatic carboxylic acids is 1. The average molecular weight is 271 g/mol. The van der Waals surface area contributed by atoms with Crippen LogP contribution < -0.4 is 5.73 Å². The van der Waals surface area contributed by atoms with Crippen LogP contribution >= 0.6 is 15.9 Å². The summed E-state index contributed by atoms with van der Waals surface area (Å²) in [5.74, 6) is -0.961. The smallest absolute Gasteiger partial charge is 0.321 e. The minimum Gasteiger partial charge on any atom is -0.480 e. The number of aromatic nitrogens is 1. The second-order valence-electron chi connectivity index (χ2n) is 3.83. The average Bonchev–Trinajstić information content (AvgIpc) is 2.99. The molecular formula is C10H11BrN2O2. The molecule has 0 amide bonds. The normalized spacial score (nSPS) is 19.6. The molecule has 0 saturated heterocycles. The summed E-state index contributed by atoms with van der Waals surface area (Å²) in [6, 6.07) is 2.84. The van der Waals surface area contributed by atoms with E-state index in [4.69, 9.17) is 10.8 Å². The fourth-order valence-electron chi connectivity index (χ4n) is 1.77. The van der Waals surface area contributed by atoms with Gasteiger partial charge in [0.15, 0.2) is 0 Å². The van der Waals surface area contributed by atoms with E-state index in [2.05, 4.69) is 20.9 Å². The van der Waals surface area contributed by atoms with E-state index in [0.717, 1.165) is 23.0 Å². The maximum Gasteiger partial charge on any atom is 0.321 e. The van der Waals surface area contributed by atoms with E-state index < -0.39 is 17.4 Å². The van der Waals surface area contributed by atoms with Gasteiger partial charge < -0.3 is 10.8 Å². The van der Waals surface area contributed by atoms with Crippen molar-refractivity contribution in [1.82, 2.24) is 4.98 Å². The molecule has 0 bridgehead atoms. The number of pyridine rings is 1. The van der Waals surface area contributed by atoms with Crippen LogP contribution in [0.4, 0.5) is 0 Å². The fourth-order valence-corrected chi connectivity index (χ4v) is 2.00. The number of hydrogen-bond donors (Lipinski definition) is 2. The Morgan fingerprint density at radius 3 is 2.67 bits per heavy atom.